The summed E-state index contributed by atoms with van der Waals surface area (Å²) < 4.78 is 35.3. The van der Waals surface area contributed by atoms with Crippen LogP contribution < -0.4 is 10.6 Å². The molecule has 2 aliphatic rings. The van der Waals surface area contributed by atoms with Gasteiger partial charge in [-0.25, -0.2) is 18.4 Å². The van der Waals surface area contributed by atoms with Crippen LogP contribution in [0.15, 0.2) is 59.3 Å². The molecule has 6 rings (SSSR count). The lowest BCUT2D eigenvalue weighted by atomic mass is 9.78. The lowest BCUT2D eigenvalue weighted by molar-refractivity contribution is -0.133. The van der Waals surface area contributed by atoms with E-state index >= 15 is 0 Å². The predicted octanol–water partition coefficient (Wildman–Crippen LogP) is 4.40. The first-order valence-corrected chi connectivity index (χ1v) is 13.0. The summed E-state index contributed by atoms with van der Waals surface area (Å²) in [5.74, 6) is -4.24. The molecule has 2 aromatic carbocycles. The number of carbonyl (C=O) groups excluding carboxylic acids is 2. The molecule has 2 fully saturated rings. The summed E-state index contributed by atoms with van der Waals surface area (Å²) in [6, 6.07) is 18.3. The van der Waals surface area contributed by atoms with Gasteiger partial charge in [0, 0.05) is 18.2 Å². The van der Waals surface area contributed by atoms with E-state index in [-0.39, 0.29) is 24.4 Å². The topological polar surface area (TPSA) is 150 Å². The number of hydrogen-bond donors (Lipinski definition) is 2. The molecule has 2 saturated carbocycles. The maximum Gasteiger partial charge on any atom is 0.287 e. The molecule has 0 atom stereocenters. The Bertz CT molecular complexity index is 1750. The van der Waals surface area contributed by atoms with Gasteiger partial charge in [-0.1, -0.05) is 24.3 Å². The first kappa shape index (κ1) is 26.1. The second-order valence-corrected chi connectivity index (χ2v) is 10.6. The van der Waals surface area contributed by atoms with Crippen molar-refractivity contribution >= 4 is 22.8 Å². The Kier molecular flexibility index (Phi) is 6.07. The van der Waals surface area contributed by atoms with Gasteiger partial charge in [0.1, 0.15) is 29.1 Å². The Hall–Kier alpha value is -5.10. The van der Waals surface area contributed by atoms with Crippen LogP contribution in [0.25, 0.3) is 27.8 Å². The van der Waals surface area contributed by atoms with E-state index in [0.717, 1.165) is 16.8 Å². The molecule has 41 heavy (non-hydrogen) atoms. The predicted molar refractivity (Wildman–Crippen MR) is 141 cm³/mol. The van der Waals surface area contributed by atoms with Crippen molar-refractivity contribution in [3.63, 3.8) is 0 Å². The molecule has 0 saturated heterocycles. The Morgan fingerprint density at radius 2 is 1.63 bits per heavy atom. The summed E-state index contributed by atoms with van der Waals surface area (Å²) in [4.78, 5) is 30.4. The van der Waals surface area contributed by atoms with Gasteiger partial charge in [-0.15, -0.1) is 5.10 Å². The summed E-state index contributed by atoms with van der Waals surface area (Å²) in [5.41, 5.74) is 0.262. The Morgan fingerprint density at radius 3 is 2.27 bits per heavy atom. The van der Waals surface area contributed by atoms with Crippen molar-refractivity contribution in [2.24, 2.45) is 0 Å². The van der Waals surface area contributed by atoms with Gasteiger partial charge in [-0.05, 0) is 61.1 Å². The van der Waals surface area contributed by atoms with Crippen molar-refractivity contribution in [2.75, 3.05) is 0 Å². The van der Waals surface area contributed by atoms with Crippen LogP contribution >= 0.6 is 0 Å². The zero-order valence-corrected chi connectivity index (χ0v) is 21.7. The van der Waals surface area contributed by atoms with Crippen molar-refractivity contribution in [2.45, 2.75) is 55.5 Å². The molecule has 12 heteroatoms. The van der Waals surface area contributed by atoms with Crippen molar-refractivity contribution < 1.29 is 22.8 Å². The third-order valence-electron chi connectivity index (χ3n) is 7.74. The number of benzene rings is 2. The van der Waals surface area contributed by atoms with Gasteiger partial charge in [0.15, 0.2) is 5.76 Å². The van der Waals surface area contributed by atoms with Gasteiger partial charge < -0.3 is 15.1 Å². The van der Waals surface area contributed by atoms with Crippen molar-refractivity contribution in [3.8, 4) is 29.0 Å². The largest absolute Gasteiger partial charge is 0.451 e. The van der Waals surface area contributed by atoms with Gasteiger partial charge in [-0.3, -0.25) is 9.59 Å². The fraction of sp³-hybridized carbons (Fsp3) is 0.310. The quantitative estimate of drug-likeness (QED) is 0.358. The molecule has 2 amide bonds. The van der Waals surface area contributed by atoms with E-state index in [2.05, 4.69) is 26.8 Å². The van der Waals surface area contributed by atoms with Crippen LogP contribution in [0.2, 0.25) is 0 Å². The van der Waals surface area contributed by atoms with Crippen LogP contribution in [-0.2, 0) is 4.79 Å². The van der Waals surface area contributed by atoms with Crippen LogP contribution in [0.1, 0.15) is 54.9 Å². The standard InChI is InChI=1S/C29H23F2N7O3/c30-29(31)11-9-28(10-12-29,26(40)36-27(16-33)7-8-27)35-25(39)23-14-20-2-1-19(13-22(20)41-23)18-3-5-21(6-4-18)38-17-34-24(15-32)37-38/h1-6,13-14,17H,7-12H2,(H,35,39)(H,36,40). The van der Waals surface area contributed by atoms with Gasteiger partial charge in [-0.2, -0.15) is 10.5 Å². The minimum Gasteiger partial charge on any atom is -0.451 e. The molecule has 10 nitrogen and oxygen atoms in total. The number of amides is 2. The number of fused-ring (bicyclic) bond motifs is 1. The van der Waals surface area contributed by atoms with E-state index in [9.17, 15) is 23.6 Å². The van der Waals surface area contributed by atoms with Crippen LogP contribution in [-0.4, -0.2) is 43.6 Å². The molecule has 0 unspecified atom stereocenters. The summed E-state index contributed by atoms with van der Waals surface area (Å²) in [5, 5.41) is 28.4. The Balaban J connectivity index is 1.22. The van der Waals surface area contributed by atoms with Crippen molar-refractivity contribution in [1.29, 1.82) is 10.5 Å². The lowest BCUT2D eigenvalue weighted by Gasteiger charge is -2.39. The molecule has 2 aromatic heterocycles. The zero-order chi connectivity index (χ0) is 28.8. The fourth-order valence-electron chi connectivity index (χ4n) is 5.02. The highest BCUT2D eigenvalue weighted by atomic mass is 19.3. The Morgan fingerprint density at radius 1 is 0.927 bits per heavy atom. The highest BCUT2D eigenvalue weighted by Crippen LogP contribution is 2.41. The summed E-state index contributed by atoms with van der Waals surface area (Å²) >= 11 is 0. The number of hydrogen-bond acceptors (Lipinski definition) is 7. The van der Waals surface area contributed by atoms with Crippen LogP contribution in [0.5, 0.6) is 0 Å². The third kappa shape index (κ3) is 5.00. The number of furan rings is 1. The van der Waals surface area contributed by atoms with Crippen molar-refractivity contribution in [3.05, 3.63) is 66.4 Å². The number of nitrogens with zero attached hydrogens (tertiary/aromatic N) is 5. The monoisotopic (exact) mass is 555 g/mol. The summed E-state index contributed by atoms with van der Waals surface area (Å²) in [6.45, 7) is 0. The van der Waals surface area contributed by atoms with Crippen molar-refractivity contribution in [1.82, 2.24) is 25.4 Å². The number of carbonyl (C=O) groups is 2. The SMILES string of the molecule is N#Cc1ncn(-c2ccc(-c3ccc4cc(C(=O)NC5(C(=O)NC6(C#N)CC6)CCC(F)(F)CC5)oc4c3)cc2)n1. The van der Waals surface area contributed by atoms with E-state index in [4.69, 9.17) is 9.68 Å². The molecule has 206 valence electrons. The molecule has 0 radical (unpaired) electrons. The van der Waals surface area contributed by atoms with E-state index in [1.54, 1.807) is 12.1 Å². The average Bonchev–Trinajstić information content (AvgIpc) is 3.37. The molecule has 2 N–H and O–H groups in total. The molecule has 0 aliphatic heterocycles. The van der Waals surface area contributed by atoms with Crippen LogP contribution in [0.3, 0.4) is 0 Å². The number of alkyl halides is 2. The van der Waals surface area contributed by atoms with E-state index in [0.29, 0.717) is 23.8 Å². The highest BCUT2D eigenvalue weighted by molar-refractivity contribution is 6.00. The molecule has 4 aromatic rings. The number of rotatable bonds is 6. The smallest absolute Gasteiger partial charge is 0.287 e. The van der Waals surface area contributed by atoms with Gasteiger partial charge >= 0.3 is 0 Å². The number of nitrogens with one attached hydrogen (secondary N) is 2. The number of nitriles is 2. The van der Waals surface area contributed by atoms with Gasteiger partial charge in [0.2, 0.25) is 11.8 Å². The lowest BCUT2D eigenvalue weighted by Crippen LogP contribution is -2.62. The molecule has 0 spiro atoms. The summed E-state index contributed by atoms with van der Waals surface area (Å²) in [6.07, 6.45) is 0.782. The number of halogens is 2. The van der Waals surface area contributed by atoms with E-state index in [1.165, 1.54) is 17.1 Å². The third-order valence-corrected chi connectivity index (χ3v) is 7.74. The molecular weight excluding hydrogens is 532 g/mol. The summed E-state index contributed by atoms with van der Waals surface area (Å²) in [7, 11) is 0. The molecule has 0 bridgehead atoms. The van der Waals surface area contributed by atoms with Crippen LogP contribution in [0.4, 0.5) is 8.78 Å². The second kappa shape index (κ2) is 9.52. The first-order chi connectivity index (χ1) is 19.6. The second-order valence-electron chi connectivity index (χ2n) is 10.6. The van der Waals surface area contributed by atoms with Crippen LogP contribution in [0, 0.1) is 22.7 Å². The van der Waals surface area contributed by atoms with E-state index in [1.807, 2.05) is 36.4 Å². The normalized spacial score (nSPS) is 18.1. The fourth-order valence-corrected chi connectivity index (χ4v) is 5.02. The maximum absolute atomic E-state index is 14.0. The molecule has 2 aliphatic carbocycles. The Labute approximate surface area is 232 Å². The van der Waals surface area contributed by atoms with E-state index < -0.39 is 41.7 Å². The highest BCUT2D eigenvalue weighted by Gasteiger charge is 2.53. The average molecular weight is 556 g/mol. The molecular formula is C29H23F2N7O3. The minimum absolute atomic E-state index is 0.0575. The molecule has 2 heterocycles. The minimum atomic E-state index is -2.93. The van der Waals surface area contributed by atoms with Gasteiger partial charge in [0.05, 0.1) is 11.8 Å². The maximum atomic E-state index is 14.0. The zero-order valence-electron chi connectivity index (χ0n) is 21.7. The van der Waals surface area contributed by atoms with Gasteiger partial charge in [0.25, 0.3) is 11.7 Å². The number of aromatic nitrogens is 3. The first-order valence-electron chi connectivity index (χ1n) is 13.0.